The topological polar surface area (TPSA) is 29.1 Å². The zero-order chi connectivity index (χ0) is 16.8. The molecule has 23 heavy (non-hydrogen) atoms. The number of carbonyl (C=O) groups is 1. The van der Waals surface area contributed by atoms with Crippen LogP contribution < -0.4 is 5.32 Å². The van der Waals surface area contributed by atoms with Gasteiger partial charge in [-0.25, -0.2) is 0 Å². The molecular weight excluding hydrogens is 282 g/mol. The van der Waals surface area contributed by atoms with Gasteiger partial charge in [0.2, 0.25) is 5.91 Å². The van der Waals surface area contributed by atoms with Crippen LogP contribution in [0.5, 0.6) is 0 Å². The Balaban J connectivity index is 1.84. The Morgan fingerprint density at radius 2 is 1.43 bits per heavy atom. The fraction of sp³-hybridized carbons (Fsp3) is 0.952. The Hall–Kier alpha value is -0.530. The van der Waals surface area contributed by atoms with Crippen molar-refractivity contribution in [2.24, 2.45) is 5.92 Å². The van der Waals surface area contributed by atoms with E-state index in [0.29, 0.717) is 11.9 Å². The van der Waals surface area contributed by atoms with Gasteiger partial charge in [0.15, 0.2) is 0 Å². The highest BCUT2D eigenvalue weighted by atomic mass is 16.1. The van der Waals surface area contributed by atoms with Gasteiger partial charge in [-0.05, 0) is 25.2 Å². The normalized spacial score (nSPS) is 21.3. The predicted molar refractivity (Wildman–Crippen MR) is 101 cm³/mol. The van der Waals surface area contributed by atoms with Gasteiger partial charge >= 0.3 is 0 Å². The molecule has 0 bridgehead atoms. The van der Waals surface area contributed by atoms with Gasteiger partial charge in [0.25, 0.3) is 0 Å². The molecule has 0 spiro atoms. The van der Waals surface area contributed by atoms with Crippen molar-refractivity contribution in [2.75, 3.05) is 0 Å². The maximum Gasteiger partial charge on any atom is 0.220 e. The van der Waals surface area contributed by atoms with Gasteiger partial charge in [-0.3, -0.25) is 4.79 Å². The van der Waals surface area contributed by atoms with Crippen molar-refractivity contribution < 1.29 is 4.79 Å². The summed E-state index contributed by atoms with van der Waals surface area (Å²) in [6.07, 6.45) is 20.5. The van der Waals surface area contributed by atoms with E-state index in [4.69, 9.17) is 0 Å². The lowest BCUT2D eigenvalue weighted by molar-refractivity contribution is -0.122. The Morgan fingerprint density at radius 1 is 0.870 bits per heavy atom. The van der Waals surface area contributed by atoms with Crippen LogP contribution in [-0.4, -0.2) is 11.9 Å². The maximum atomic E-state index is 12.0. The van der Waals surface area contributed by atoms with E-state index in [9.17, 15) is 4.79 Å². The van der Waals surface area contributed by atoms with E-state index in [1.165, 1.54) is 89.9 Å². The average Bonchev–Trinajstić information content (AvgIpc) is 2.52. The molecule has 2 heteroatoms. The van der Waals surface area contributed by atoms with Gasteiger partial charge in [-0.15, -0.1) is 0 Å². The fourth-order valence-electron chi connectivity index (χ4n) is 3.81. The van der Waals surface area contributed by atoms with E-state index in [-0.39, 0.29) is 0 Å². The first-order valence-corrected chi connectivity index (χ1v) is 10.5. The molecule has 1 aliphatic rings. The third-order valence-corrected chi connectivity index (χ3v) is 5.31. The molecule has 0 heterocycles. The smallest absolute Gasteiger partial charge is 0.220 e. The lowest BCUT2D eigenvalue weighted by atomic mass is 9.87. The number of amides is 1. The third-order valence-electron chi connectivity index (χ3n) is 5.31. The molecule has 2 unspecified atom stereocenters. The van der Waals surface area contributed by atoms with Crippen molar-refractivity contribution in [3.63, 3.8) is 0 Å². The number of hydrogen-bond acceptors (Lipinski definition) is 1. The van der Waals surface area contributed by atoms with Gasteiger partial charge in [0.05, 0.1) is 0 Å². The predicted octanol–water partition coefficient (Wildman–Crippen LogP) is 6.38. The van der Waals surface area contributed by atoms with Crippen LogP contribution in [0.25, 0.3) is 0 Å². The van der Waals surface area contributed by atoms with Crippen molar-refractivity contribution >= 4 is 5.91 Å². The van der Waals surface area contributed by atoms with Crippen molar-refractivity contribution in [3.8, 4) is 0 Å². The highest BCUT2D eigenvalue weighted by Crippen LogP contribution is 2.23. The molecule has 1 aliphatic carbocycles. The van der Waals surface area contributed by atoms with E-state index in [1.54, 1.807) is 0 Å². The SMILES string of the molecule is CCCCCCCCCCCCCC(=O)NC1CCCC(C)C1. The van der Waals surface area contributed by atoms with E-state index in [0.717, 1.165) is 18.8 Å². The van der Waals surface area contributed by atoms with Crippen molar-refractivity contribution in [2.45, 2.75) is 123 Å². The molecule has 0 radical (unpaired) electrons. The number of carbonyl (C=O) groups excluding carboxylic acids is 1. The molecule has 1 saturated carbocycles. The van der Waals surface area contributed by atoms with Crippen LogP contribution >= 0.6 is 0 Å². The van der Waals surface area contributed by atoms with Crippen LogP contribution in [0.4, 0.5) is 0 Å². The van der Waals surface area contributed by atoms with E-state index in [1.807, 2.05) is 0 Å². The number of hydrogen-bond donors (Lipinski definition) is 1. The van der Waals surface area contributed by atoms with E-state index in [2.05, 4.69) is 19.2 Å². The Morgan fingerprint density at radius 3 is 2.00 bits per heavy atom. The monoisotopic (exact) mass is 323 g/mol. The van der Waals surface area contributed by atoms with E-state index >= 15 is 0 Å². The second-order valence-corrected chi connectivity index (χ2v) is 7.82. The first kappa shape index (κ1) is 20.5. The zero-order valence-electron chi connectivity index (χ0n) is 15.9. The van der Waals surface area contributed by atoms with Crippen LogP contribution in [0.15, 0.2) is 0 Å². The molecule has 0 aliphatic heterocycles. The minimum atomic E-state index is 0.292. The molecule has 0 saturated heterocycles. The Kier molecular flexibility index (Phi) is 12.4. The molecule has 0 aromatic carbocycles. The summed E-state index contributed by atoms with van der Waals surface area (Å²) in [5.74, 6) is 1.08. The first-order chi connectivity index (χ1) is 11.2. The molecule has 1 amide bonds. The highest BCUT2D eigenvalue weighted by molar-refractivity contribution is 5.76. The second-order valence-electron chi connectivity index (χ2n) is 7.82. The number of nitrogens with one attached hydrogen (secondary N) is 1. The van der Waals surface area contributed by atoms with Gasteiger partial charge < -0.3 is 5.32 Å². The number of unbranched alkanes of at least 4 members (excludes halogenated alkanes) is 10. The maximum absolute atomic E-state index is 12.0. The molecule has 1 fully saturated rings. The van der Waals surface area contributed by atoms with Crippen LogP contribution in [-0.2, 0) is 4.79 Å². The summed E-state index contributed by atoms with van der Waals surface area (Å²) < 4.78 is 0. The second kappa shape index (κ2) is 13.9. The molecular formula is C21H41NO. The Bertz CT molecular complexity index is 290. The molecule has 0 aromatic rings. The van der Waals surface area contributed by atoms with Crippen LogP contribution in [0.3, 0.4) is 0 Å². The van der Waals surface area contributed by atoms with Gasteiger partial charge in [0.1, 0.15) is 0 Å². The molecule has 2 nitrogen and oxygen atoms in total. The molecule has 1 N–H and O–H groups in total. The Labute approximate surface area is 145 Å². The third kappa shape index (κ3) is 11.6. The summed E-state index contributed by atoms with van der Waals surface area (Å²) in [5, 5.41) is 3.25. The van der Waals surface area contributed by atoms with Gasteiger partial charge in [-0.1, -0.05) is 90.9 Å². The van der Waals surface area contributed by atoms with E-state index < -0.39 is 0 Å². The molecule has 0 aromatic heterocycles. The zero-order valence-corrected chi connectivity index (χ0v) is 15.9. The van der Waals surface area contributed by atoms with Crippen LogP contribution in [0, 0.1) is 5.92 Å². The molecule has 2 atom stereocenters. The minimum Gasteiger partial charge on any atom is -0.353 e. The quantitative estimate of drug-likeness (QED) is 0.391. The summed E-state index contributed by atoms with van der Waals surface area (Å²) >= 11 is 0. The molecule has 136 valence electrons. The van der Waals surface area contributed by atoms with Crippen molar-refractivity contribution in [1.82, 2.24) is 5.32 Å². The summed E-state index contributed by atoms with van der Waals surface area (Å²) in [6, 6.07) is 0.457. The summed E-state index contributed by atoms with van der Waals surface area (Å²) in [6.45, 7) is 4.58. The summed E-state index contributed by atoms with van der Waals surface area (Å²) in [7, 11) is 0. The first-order valence-electron chi connectivity index (χ1n) is 10.5. The minimum absolute atomic E-state index is 0.292. The largest absolute Gasteiger partial charge is 0.353 e. The highest BCUT2D eigenvalue weighted by Gasteiger charge is 2.19. The fourth-order valence-corrected chi connectivity index (χ4v) is 3.81. The van der Waals surface area contributed by atoms with Crippen molar-refractivity contribution in [1.29, 1.82) is 0 Å². The van der Waals surface area contributed by atoms with Gasteiger partial charge in [0, 0.05) is 12.5 Å². The average molecular weight is 324 g/mol. The summed E-state index contributed by atoms with van der Waals surface area (Å²) in [5.41, 5.74) is 0. The standard InChI is InChI=1S/C21H41NO/c1-3-4-5-6-7-8-9-10-11-12-13-17-21(23)22-20-16-14-15-19(2)18-20/h19-20H,3-18H2,1-2H3,(H,22,23). The van der Waals surface area contributed by atoms with Crippen LogP contribution in [0.1, 0.15) is 117 Å². The van der Waals surface area contributed by atoms with Crippen LogP contribution in [0.2, 0.25) is 0 Å². The lowest BCUT2D eigenvalue weighted by Gasteiger charge is -2.27. The summed E-state index contributed by atoms with van der Waals surface area (Å²) in [4.78, 5) is 12.0. The number of rotatable bonds is 13. The van der Waals surface area contributed by atoms with Crippen molar-refractivity contribution in [3.05, 3.63) is 0 Å². The molecule has 1 rings (SSSR count). The van der Waals surface area contributed by atoms with Gasteiger partial charge in [-0.2, -0.15) is 0 Å². The lowest BCUT2D eigenvalue weighted by Crippen LogP contribution is -2.37.